The lowest BCUT2D eigenvalue weighted by atomic mass is 9.89. The molecule has 0 bridgehead atoms. The summed E-state index contributed by atoms with van der Waals surface area (Å²) in [6, 6.07) is 8.57. The second kappa shape index (κ2) is 8.10. The van der Waals surface area contributed by atoms with Crippen LogP contribution in [0.15, 0.2) is 40.4 Å². The van der Waals surface area contributed by atoms with Crippen LogP contribution in [0.2, 0.25) is 0 Å². The molecular weight excluding hydrogens is 493 g/mol. The highest BCUT2D eigenvalue weighted by Crippen LogP contribution is 2.46. The van der Waals surface area contributed by atoms with Crippen LogP contribution in [-0.2, 0) is 13.2 Å². The molecule has 9 nitrogen and oxygen atoms in total. The summed E-state index contributed by atoms with van der Waals surface area (Å²) in [5.74, 6) is 1.19. The summed E-state index contributed by atoms with van der Waals surface area (Å²) in [4.78, 5) is 15.7. The number of anilines is 3. The molecule has 3 N–H and O–H groups in total. The van der Waals surface area contributed by atoms with E-state index >= 15 is 0 Å². The van der Waals surface area contributed by atoms with Crippen LogP contribution in [0.5, 0.6) is 0 Å². The molecule has 4 aromatic rings. The smallest absolute Gasteiger partial charge is 0.386 e. The molecule has 6 rings (SSSR count). The lowest BCUT2D eigenvalue weighted by molar-refractivity contribution is -0.146. The number of β-amino-alcohol motifs (C(OH)–C–C–N with tert-alkyl or cyclic N) is 1. The summed E-state index contributed by atoms with van der Waals surface area (Å²) in [6.45, 7) is 2.89. The van der Waals surface area contributed by atoms with E-state index in [0.717, 1.165) is 23.1 Å². The maximum absolute atomic E-state index is 13.3. The van der Waals surface area contributed by atoms with Crippen molar-refractivity contribution in [2.24, 2.45) is 13.0 Å². The Morgan fingerprint density at radius 3 is 2.58 bits per heavy atom. The number of hydrogen-bond acceptors (Lipinski definition) is 8. The van der Waals surface area contributed by atoms with Gasteiger partial charge in [-0.1, -0.05) is 0 Å². The lowest BCUT2D eigenvalue weighted by Crippen LogP contribution is -2.63. The third kappa shape index (κ3) is 4.26. The van der Waals surface area contributed by atoms with Crippen LogP contribution < -0.4 is 10.2 Å². The van der Waals surface area contributed by atoms with Gasteiger partial charge >= 0.3 is 6.18 Å². The molecule has 1 saturated heterocycles. The number of hydrogen-bond donors (Lipinski definition) is 3. The maximum atomic E-state index is 13.3. The molecule has 1 aliphatic carbocycles. The highest BCUT2D eigenvalue weighted by atomic mass is 32.2. The van der Waals surface area contributed by atoms with Crippen LogP contribution in [0.1, 0.15) is 28.6 Å². The van der Waals surface area contributed by atoms with Crippen molar-refractivity contribution in [2.45, 2.75) is 41.6 Å². The summed E-state index contributed by atoms with van der Waals surface area (Å²) in [5, 5.41) is 21.4. The van der Waals surface area contributed by atoms with Crippen molar-refractivity contribution in [2.75, 3.05) is 23.3 Å². The van der Waals surface area contributed by atoms with Gasteiger partial charge in [0.2, 0.25) is 5.82 Å². The van der Waals surface area contributed by atoms with Crippen molar-refractivity contribution in [1.29, 1.82) is 0 Å². The number of aryl methyl sites for hydroxylation is 2. The van der Waals surface area contributed by atoms with E-state index in [1.54, 1.807) is 24.3 Å². The number of aromatic nitrogens is 6. The fourth-order valence-electron chi connectivity index (χ4n) is 4.55. The number of nitrogens with zero attached hydrogens (tertiary/aromatic N) is 6. The van der Waals surface area contributed by atoms with Gasteiger partial charge in [-0.2, -0.15) is 18.3 Å². The van der Waals surface area contributed by atoms with Gasteiger partial charge < -0.3 is 19.9 Å². The largest absolute Gasteiger partial charge is 0.449 e. The molecule has 1 aliphatic heterocycles. The van der Waals surface area contributed by atoms with Gasteiger partial charge in [-0.05, 0) is 55.6 Å². The SMILES string of the molecule is Cc1cc(Nc2cc(N3CC(O)(C4CC4)C3)nc(Sc3ccc4nc(C(F)(F)F)n(C)c4c3)n2)n[nH]1.[HH].[HH].[HH]. The number of aromatic amines is 1. The van der Waals surface area contributed by atoms with E-state index in [-0.39, 0.29) is 9.80 Å². The zero-order chi connectivity index (χ0) is 25.2. The number of imidazole rings is 1. The maximum Gasteiger partial charge on any atom is 0.449 e. The second-order valence-corrected chi connectivity index (χ2v) is 10.5. The highest BCUT2D eigenvalue weighted by Gasteiger charge is 2.52. The number of aliphatic hydroxyl groups is 1. The van der Waals surface area contributed by atoms with E-state index in [1.807, 2.05) is 17.9 Å². The first-order valence-electron chi connectivity index (χ1n) is 11.4. The summed E-state index contributed by atoms with van der Waals surface area (Å²) >= 11 is 1.24. The van der Waals surface area contributed by atoms with Crippen molar-refractivity contribution < 1.29 is 22.6 Å². The summed E-state index contributed by atoms with van der Waals surface area (Å²) in [5.41, 5.74) is 0.846. The molecule has 0 radical (unpaired) electrons. The van der Waals surface area contributed by atoms with Gasteiger partial charge in [-0.3, -0.25) is 5.10 Å². The number of halogens is 3. The average Bonchev–Trinajstić information content (AvgIpc) is 3.49. The van der Waals surface area contributed by atoms with Crippen molar-refractivity contribution in [3.63, 3.8) is 0 Å². The Hall–Kier alpha value is -3.32. The van der Waals surface area contributed by atoms with Gasteiger partial charge in [0.05, 0.1) is 24.1 Å². The molecule has 194 valence electrons. The minimum Gasteiger partial charge on any atom is -0.386 e. The summed E-state index contributed by atoms with van der Waals surface area (Å²) in [6.07, 6.45) is -2.44. The van der Waals surface area contributed by atoms with E-state index in [4.69, 9.17) is 0 Å². The monoisotopic (exact) mass is 522 g/mol. The zero-order valence-corrected chi connectivity index (χ0v) is 20.3. The number of nitrogens with one attached hydrogen (secondary N) is 2. The van der Waals surface area contributed by atoms with Crippen molar-refractivity contribution in [3.8, 4) is 0 Å². The standard InChI is InChI=1S/C23H23F3N8OS.3H2/c1-12-7-18(32-31-12)28-17-9-19(34-10-22(35,11-34)13-3-4-13)30-21(29-17)36-14-5-6-15-16(8-14)33(2)20(27-15)23(24,25)26;;;/h5-9,13,35H,3-4,10-11H2,1-2H3,(H2,28,29,30,31,32);3*1H. The predicted molar refractivity (Wildman–Crippen MR) is 135 cm³/mol. The van der Waals surface area contributed by atoms with Crippen LogP contribution in [0.4, 0.5) is 30.6 Å². The predicted octanol–water partition coefficient (Wildman–Crippen LogP) is 5.01. The third-order valence-corrected chi connectivity index (χ3v) is 7.41. The Morgan fingerprint density at radius 2 is 1.92 bits per heavy atom. The Morgan fingerprint density at radius 1 is 1.14 bits per heavy atom. The molecule has 2 fully saturated rings. The molecule has 0 spiro atoms. The third-order valence-electron chi connectivity index (χ3n) is 6.56. The second-order valence-electron chi connectivity index (χ2n) is 9.43. The first-order chi connectivity index (χ1) is 17.1. The molecule has 3 aromatic heterocycles. The summed E-state index contributed by atoms with van der Waals surface area (Å²) < 4.78 is 40.9. The normalized spacial score (nSPS) is 17.4. The Kier molecular flexibility index (Phi) is 5.20. The molecule has 1 aromatic carbocycles. The lowest BCUT2D eigenvalue weighted by Gasteiger charge is -2.47. The quantitative estimate of drug-likeness (QED) is 0.304. The van der Waals surface area contributed by atoms with E-state index < -0.39 is 17.6 Å². The average molecular weight is 523 g/mol. The van der Waals surface area contributed by atoms with Gasteiger partial charge in [0.25, 0.3) is 0 Å². The van der Waals surface area contributed by atoms with Gasteiger partial charge in [0.1, 0.15) is 17.2 Å². The van der Waals surface area contributed by atoms with Crippen LogP contribution in [-0.4, -0.2) is 53.5 Å². The first-order valence-corrected chi connectivity index (χ1v) is 12.3. The highest BCUT2D eigenvalue weighted by molar-refractivity contribution is 7.99. The van der Waals surface area contributed by atoms with Crippen molar-refractivity contribution in [3.05, 3.63) is 41.9 Å². The van der Waals surface area contributed by atoms with Gasteiger partial charge in [0.15, 0.2) is 11.0 Å². The molecule has 36 heavy (non-hydrogen) atoms. The van der Waals surface area contributed by atoms with E-state index in [1.165, 1.54) is 18.8 Å². The van der Waals surface area contributed by atoms with E-state index in [2.05, 4.69) is 30.5 Å². The van der Waals surface area contributed by atoms with Crippen LogP contribution in [0.3, 0.4) is 0 Å². The molecule has 13 heteroatoms. The number of H-pyrrole nitrogens is 1. The van der Waals surface area contributed by atoms with Crippen LogP contribution in [0.25, 0.3) is 11.0 Å². The number of fused-ring (bicyclic) bond motifs is 1. The molecule has 2 aliphatic rings. The molecule has 4 heterocycles. The number of benzene rings is 1. The van der Waals surface area contributed by atoms with Gasteiger partial charge in [0, 0.05) is 34.0 Å². The Bertz CT molecular complexity index is 1470. The molecule has 0 unspecified atom stereocenters. The number of alkyl halides is 3. The topological polar surface area (TPSA) is 108 Å². The minimum absolute atomic E-state index is 0. The molecule has 0 amide bonds. The van der Waals surface area contributed by atoms with E-state index in [9.17, 15) is 18.3 Å². The molecular formula is C23H29F3N8OS. The molecule has 0 atom stereocenters. The number of rotatable bonds is 6. The summed E-state index contributed by atoms with van der Waals surface area (Å²) in [7, 11) is 1.35. The minimum atomic E-state index is -4.54. The molecule has 1 saturated carbocycles. The Labute approximate surface area is 212 Å². The van der Waals surface area contributed by atoms with Gasteiger partial charge in [-0.25, -0.2) is 15.0 Å². The Balaban J connectivity index is 0.00000140. The van der Waals surface area contributed by atoms with Crippen LogP contribution in [0, 0.1) is 12.8 Å². The van der Waals surface area contributed by atoms with Crippen molar-refractivity contribution >= 4 is 40.2 Å². The van der Waals surface area contributed by atoms with Crippen molar-refractivity contribution in [1.82, 2.24) is 29.7 Å². The first kappa shape index (κ1) is 23.1. The van der Waals surface area contributed by atoms with Gasteiger partial charge in [-0.15, -0.1) is 0 Å². The zero-order valence-electron chi connectivity index (χ0n) is 19.5. The van der Waals surface area contributed by atoms with Crippen LogP contribution >= 0.6 is 11.8 Å². The fourth-order valence-corrected chi connectivity index (χ4v) is 5.35. The fraction of sp³-hybridized carbons (Fsp3) is 0.391. The van der Waals surface area contributed by atoms with E-state index in [0.29, 0.717) is 52.0 Å².